The third kappa shape index (κ3) is 14.4. The molecule has 0 bridgehead atoms. The van der Waals surface area contributed by atoms with Crippen molar-refractivity contribution in [1.29, 1.82) is 0 Å². The Morgan fingerprint density at radius 2 is 1.39 bits per heavy atom. The fourth-order valence-corrected chi connectivity index (χ4v) is 5.92. The number of hydrogen-bond donors (Lipinski definition) is 3. The summed E-state index contributed by atoms with van der Waals surface area (Å²) in [6.45, 7) is 13.6. The second kappa shape index (κ2) is 22.5. The second-order valence-corrected chi connectivity index (χ2v) is 13.3. The second-order valence-electron chi connectivity index (χ2n) is 12.4. The molecule has 0 fully saturated rings. The van der Waals surface area contributed by atoms with Gasteiger partial charge in [-0.05, 0) is 62.2 Å². The Morgan fingerprint density at radius 1 is 0.816 bits per heavy atom. The monoisotopic (exact) mass is 724 g/mol. The van der Waals surface area contributed by atoms with Crippen LogP contribution < -0.4 is 16.0 Å². The Kier molecular flexibility index (Phi) is 18.9. The summed E-state index contributed by atoms with van der Waals surface area (Å²) in [5.74, 6) is -0.509. The molecule has 13 heteroatoms. The first-order chi connectivity index (χ1) is 23.6. The van der Waals surface area contributed by atoms with Crippen molar-refractivity contribution in [3.63, 3.8) is 0 Å². The molecule has 274 valence electrons. The Balaban J connectivity index is 1.18. The highest BCUT2D eigenvalue weighted by molar-refractivity contribution is 6.35. The fraction of sp³-hybridized carbons (Fsp3) is 0.611. The maximum atomic E-state index is 12.5. The predicted molar refractivity (Wildman–Crippen MR) is 192 cm³/mol. The molecule has 2 amide bonds. The lowest BCUT2D eigenvalue weighted by Crippen LogP contribution is -2.49. The van der Waals surface area contributed by atoms with Gasteiger partial charge in [-0.2, -0.15) is 0 Å². The van der Waals surface area contributed by atoms with E-state index >= 15 is 0 Å². The molecule has 0 aliphatic carbocycles. The number of amides is 2. The van der Waals surface area contributed by atoms with E-state index in [2.05, 4.69) is 58.2 Å². The molecule has 2 aromatic carbocycles. The first-order valence-electron chi connectivity index (χ1n) is 17.0. The number of ether oxygens (including phenoxy) is 5. The van der Waals surface area contributed by atoms with Crippen molar-refractivity contribution in [2.24, 2.45) is 5.41 Å². The van der Waals surface area contributed by atoms with Crippen LogP contribution in [0.4, 0.5) is 0 Å². The maximum Gasteiger partial charge on any atom is 0.235 e. The summed E-state index contributed by atoms with van der Waals surface area (Å²) >= 11 is 12.9. The number of likely N-dealkylation sites (N-methyl/N-ethyl adjacent to an activating group) is 1. The third-order valence-corrected chi connectivity index (χ3v) is 8.67. The van der Waals surface area contributed by atoms with Crippen LogP contribution in [0, 0.1) is 5.41 Å². The van der Waals surface area contributed by atoms with E-state index in [1.165, 1.54) is 16.7 Å². The Morgan fingerprint density at radius 3 is 2.00 bits per heavy atom. The van der Waals surface area contributed by atoms with Crippen LogP contribution in [0.1, 0.15) is 48.9 Å². The van der Waals surface area contributed by atoms with Gasteiger partial charge in [0.2, 0.25) is 11.8 Å². The highest BCUT2D eigenvalue weighted by Gasteiger charge is 2.35. The Bertz CT molecular complexity index is 1300. The molecule has 0 spiro atoms. The van der Waals surface area contributed by atoms with Crippen molar-refractivity contribution in [3.8, 4) is 0 Å². The Labute approximate surface area is 301 Å². The largest absolute Gasteiger partial charge is 0.379 e. The van der Waals surface area contributed by atoms with Gasteiger partial charge in [0.15, 0.2) is 0 Å². The van der Waals surface area contributed by atoms with Gasteiger partial charge < -0.3 is 44.5 Å². The number of benzene rings is 2. The smallest absolute Gasteiger partial charge is 0.235 e. The molecule has 0 radical (unpaired) electrons. The molecule has 0 saturated carbocycles. The first-order valence-corrected chi connectivity index (χ1v) is 17.8. The number of halogens is 2. The molecular formula is C36H54Cl2N4O7. The quantitative estimate of drug-likeness (QED) is 0.109. The summed E-state index contributed by atoms with van der Waals surface area (Å²) in [5, 5.41) is 10.3. The van der Waals surface area contributed by atoms with Crippen LogP contribution in [0.5, 0.6) is 0 Å². The van der Waals surface area contributed by atoms with Gasteiger partial charge in [-0.1, -0.05) is 47.5 Å². The first kappa shape index (κ1) is 41.1. The standard InChI is InChI=1S/C36H54Cl2N4O7/c1-5-45-15-16-47-13-10-40-34(43)36(2,3)35(44)41-11-14-48-18-20-49-19-17-46-12-9-39-24-27-7-6-8-28(21-27)31-25-42(4)26-32-30(31)22-29(37)23-33(32)38/h6-8,21-23,31,39H,5,9-20,24-26H2,1-4H3,(H,40,43)(H,41,44). The third-order valence-electron chi connectivity index (χ3n) is 8.12. The lowest BCUT2D eigenvalue weighted by atomic mass is 9.84. The van der Waals surface area contributed by atoms with E-state index in [1.807, 2.05) is 13.0 Å². The number of carbonyl (C=O) groups excluding carboxylic acids is 2. The molecule has 0 aromatic heterocycles. The van der Waals surface area contributed by atoms with Crippen molar-refractivity contribution in [3.05, 3.63) is 68.7 Å². The minimum Gasteiger partial charge on any atom is -0.379 e. The zero-order valence-electron chi connectivity index (χ0n) is 29.4. The minimum atomic E-state index is -1.21. The van der Waals surface area contributed by atoms with Gasteiger partial charge >= 0.3 is 0 Å². The van der Waals surface area contributed by atoms with E-state index in [-0.39, 0.29) is 17.7 Å². The Hall–Kier alpha value is -2.32. The van der Waals surface area contributed by atoms with Gasteiger partial charge in [-0.25, -0.2) is 0 Å². The molecule has 1 atom stereocenters. The van der Waals surface area contributed by atoms with E-state index in [0.29, 0.717) is 84.2 Å². The van der Waals surface area contributed by atoms with Crippen LogP contribution in [-0.4, -0.2) is 116 Å². The van der Waals surface area contributed by atoms with Crippen molar-refractivity contribution in [2.45, 2.75) is 39.8 Å². The van der Waals surface area contributed by atoms with Gasteiger partial charge in [0.05, 0.1) is 59.5 Å². The number of carbonyl (C=O) groups is 2. The summed E-state index contributed by atoms with van der Waals surface area (Å²) in [4.78, 5) is 27.2. The highest BCUT2D eigenvalue weighted by atomic mass is 35.5. The number of nitrogens with zero attached hydrogens (tertiary/aromatic N) is 1. The normalized spacial score (nSPS) is 14.9. The van der Waals surface area contributed by atoms with Gasteiger partial charge in [0, 0.05) is 61.8 Å². The topological polar surface area (TPSA) is 120 Å². The summed E-state index contributed by atoms with van der Waals surface area (Å²) in [6, 6.07) is 12.5. The average molecular weight is 726 g/mol. The molecule has 1 aliphatic rings. The van der Waals surface area contributed by atoms with Crippen molar-refractivity contribution >= 4 is 35.0 Å². The molecule has 3 N–H and O–H groups in total. The number of nitrogens with one attached hydrogen (secondary N) is 3. The molecule has 49 heavy (non-hydrogen) atoms. The van der Waals surface area contributed by atoms with E-state index in [4.69, 9.17) is 46.9 Å². The number of rotatable bonds is 24. The lowest BCUT2D eigenvalue weighted by molar-refractivity contribution is -0.141. The van der Waals surface area contributed by atoms with Crippen molar-refractivity contribution in [2.75, 3.05) is 99.3 Å². The van der Waals surface area contributed by atoms with E-state index in [1.54, 1.807) is 13.8 Å². The van der Waals surface area contributed by atoms with Crippen molar-refractivity contribution < 1.29 is 33.3 Å². The fourth-order valence-electron chi connectivity index (χ4n) is 5.35. The van der Waals surface area contributed by atoms with Crippen LogP contribution >= 0.6 is 23.2 Å². The molecule has 2 aromatic rings. The van der Waals surface area contributed by atoms with E-state index in [0.717, 1.165) is 36.8 Å². The molecule has 11 nitrogen and oxygen atoms in total. The molecule has 1 unspecified atom stereocenters. The zero-order chi connectivity index (χ0) is 35.5. The highest BCUT2D eigenvalue weighted by Crippen LogP contribution is 2.38. The predicted octanol–water partition coefficient (Wildman–Crippen LogP) is 4.02. The van der Waals surface area contributed by atoms with Gasteiger partial charge in [0.1, 0.15) is 5.41 Å². The summed E-state index contributed by atoms with van der Waals surface area (Å²) in [6.07, 6.45) is 0. The SMILES string of the molecule is CCOCCOCCNC(=O)C(C)(C)C(=O)NCCOCCOCCOCCNCc1cccc(C2CN(C)Cc3c(Cl)cc(Cl)cc32)c1. The molecular weight excluding hydrogens is 671 g/mol. The summed E-state index contributed by atoms with van der Waals surface area (Å²) in [5.41, 5.74) is 3.62. The summed E-state index contributed by atoms with van der Waals surface area (Å²) in [7, 11) is 2.12. The van der Waals surface area contributed by atoms with Gasteiger partial charge in [0.25, 0.3) is 0 Å². The zero-order valence-corrected chi connectivity index (χ0v) is 30.9. The molecule has 1 heterocycles. The molecule has 3 rings (SSSR count). The summed E-state index contributed by atoms with van der Waals surface area (Å²) < 4.78 is 27.3. The maximum absolute atomic E-state index is 12.5. The van der Waals surface area contributed by atoms with Crippen LogP contribution in [0.25, 0.3) is 0 Å². The van der Waals surface area contributed by atoms with Crippen LogP contribution in [-0.2, 0) is 46.4 Å². The average Bonchev–Trinajstić information content (AvgIpc) is 3.08. The molecule has 1 aliphatic heterocycles. The van der Waals surface area contributed by atoms with Crippen LogP contribution in [0.15, 0.2) is 36.4 Å². The van der Waals surface area contributed by atoms with E-state index < -0.39 is 5.41 Å². The van der Waals surface area contributed by atoms with Crippen molar-refractivity contribution in [1.82, 2.24) is 20.9 Å². The van der Waals surface area contributed by atoms with Gasteiger partial charge in [-0.3, -0.25) is 9.59 Å². The van der Waals surface area contributed by atoms with Gasteiger partial charge in [-0.15, -0.1) is 0 Å². The minimum absolute atomic E-state index is 0.213. The molecule has 0 saturated heterocycles. The lowest BCUT2D eigenvalue weighted by Gasteiger charge is -2.33. The number of fused-ring (bicyclic) bond motifs is 1. The van der Waals surface area contributed by atoms with Crippen LogP contribution in [0.2, 0.25) is 10.0 Å². The van der Waals surface area contributed by atoms with Crippen LogP contribution in [0.3, 0.4) is 0 Å². The van der Waals surface area contributed by atoms with E-state index in [9.17, 15) is 9.59 Å². The number of hydrogen-bond acceptors (Lipinski definition) is 9.